The Kier molecular flexibility index (Phi) is 10.3. The molecule has 0 unspecified atom stereocenters. The molecule has 8 aromatic carbocycles. The van der Waals surface area contributed by atoms with E-state index in [4.69, 9.17) is 10.1 Å². The second kappa shape index (κ2) is 16.0. The van der Waals surface area contributed by atoms with Gasteiger partial charge in [-0.2, -0.15) is 12.1 Å². The molecule has 6 heteroatoms. The Labute approximate surface area is 360 Å². The maximum Gasteiger partial charge on any atom is 4.00 e. The van der Waals surface area contributed by atoms with E-state index in [-0.39, 0.29) is 21.1 Å². The van der Waals surface area contributed by atoms with E-state index >= 15 is 0 Å². The fourth-order valence-corrected chi connectivity index (χ4v) is 8.46. The minimum atomic E-state index is 0. The number of benzene rings is 8. The van der Waals surface area contributed by atoms with E-state index in [0.29, 0.717) is 18.2 Å². The number of anilines is 4. The number of ether oxygens (including phenoxy) is 1. The van der Waals surface area contributed by atoms with Gasteiger partial charge in [-0.1, -0.05) is 150 Å². The molecule has 288 valence electrons. The van der Waals surface area contributed by atoms with Gasteiger partial charge in [-0.05, 0) is 55.5 Å². The molecule has 0 amide bonds. The Morgan fingerprint density at radius 2 is 1.15 bits per heavy atom. The van der Waals surface area contributed by atoms with E-state index in [2.05, 4.69) is 206 Å². The first-order chi connectivity index (χ1) is 28.5. The molecular weight excluding hydrogens is 904 g/mol. The summed E-state index contributed by atoms with van der Waals surface area (Å²) >= 11 is 0. The van der Waals surface area contributed by atoms with E-state index in [1.54, 1.807) is 0 Å². The van der Waals surface area contributed by atoms with Gasteiger partial charge in [-0.3, -0.25) is 0 Å². The molecule has 59 heavy (non-hydrogen) atoms. The standard InChI is InChI=1S/C53H40N4O.Pt/c1-36-30-37(2)52(38(3)31-36)54-34-55-48-25-11-10-22-46(48)47-29-28-43(33-51(47)55)58-42-21-14-20-41(32-42)56-35-57(50-27-13-12-26-49(50)56)53-44(39-16-6-4-7-17-39)23-15-24-45(53)40-18-8-5-9-19-40;/h4-31,35H,34H2,1-3H3;/q-4;+4. The molecule has 0 spiro atoms. The summed E-state index contributed by atoms with van der Waals surface area (Å²) < 4.78 is 8.83. The van der Waals surface area contributed by atoms with Crippen molar-refractivity contribution in [3.8, 4) is 33.8 Å². The average molecular weight is 944 g/mol. The Morgan fingerprint density at radius 1 is 0.559 bits per heavy atom. The fourth-order valence-electron chi connectivity index (χ4n) is 8.46. The number of hydrogen-bond donors (Lipinski definition) is 0. The monoisotopic (exact) mass is 943 g/mol. The maximum absolute atomic E-state index is 6.60. The zero-order valence-electron chi connectivity index (χ0n) is 33.0. The van der Waals surface area contributed by atoms with E-state index < -0.39 is 0 Å². The number of fused-ring (bicyclic) bond motifs is 4. The molecule has 0 fully saturated rings. The van der Waals surface area contributed by atoms with E-state index in [0.717, 1.165) is 67.1 Å². The van der Waals surface area contributed by atoms with E-state index in [9.17, 15) is 0 Å². The molecule has 0 aliphatic carbocycles. The van der Waals surface area contributed by atoms with Gasteiger partial charge in [0, 0.05) is 45.2 Å². The van der Waals surface area contributed by atoms with Crippen LogP contribution in [0.5, 0.6) is 11.5 Å². The SMILES string of the molecule is Cc1cc(C)c([N-]Cn2c3[c-]c(Oc4[c-]c(N5[CH-]N(c6c(-c7ccccc7)cccc6-c6ccccc6)c6ccccc65)ccc4)ccc3c3ccccc32)c(C)c1.[Pt+4]. The average Bonchev–Trinajstić information content (AvgIpc) is 3.79. The van der Waals surface area contributed by atoms with Gasteiger partial charge in [-0.15, -0.1) is 53.8 Å². The first-order valence-electron chi connectivity index (χ1n) is 19.7. The van der Waals surface area contributed by atoms with Crippen molar-refractivity contribution in [2.75, 3.05) is 9.80 Å². The Morgan fingerprint density at radius 3 is 1.85 bits per heavy atom. The summed E-state index contributed by atoms with van der Waals surface area (Å²) in [6, 6.07) is 66.6. The Balaban J connectivity index is 0.00000449. The van der Waals surface area contributed by atoms with Crippen LogP contribution in [0.25, 0.3) is 49.4 Å². The molecule has 0 radical (unpaired) electrons. The largest absolute Gasteiger partial charge is 4.00 e. The van der Waals surface area contributed by atoms with Crippen molar-refractivity contribution in [2.24, 2.45) is 0 Å². The summed E-state index contributed by atoms with van der Waals surface area (Å²) in [6.07, 6.45) is 0. The quantitative estimate of drug-likeness (QED) is 0.135. The summed E-state index contributed by atoms with van der Waals surface area (Å²) in [4.78, 5) is 4.51. The Bertz CT molecular complexity index is 2880. The van der Waals surface area contributed by atoms with E-state index in [1.807, 2.05) is 18.2 Å². The van der Waals surface area contributed by atoms with Gasteiger partial charge < -0.3 is 24.4 Å². The number of para-hydroxylation sites is 4. The first kappa shape index (κ1) is 38.0. The smallest absolute Gasteiger partial charge is 0.667 e. The van der Waals surface area contributed by atoms with Crippen molar-refractivity contribution < 1.29 is 25.8 Å². The number of aryl methyl sites for hydroxylation is 3. The van der Waals surface area contributed by atoms with Crippen molar-refractivity contribution in [2.45, 2.75) is 27.4 Å². The van der Waals surface area contributed by atoms with E-state index in [1.165, 1.54) is 22.1 Å². The van der Waals surface area contributed by atoms with Crippen molar-refractivity contribution >= 4 is 50.2 Å². The van der Waals surface area contributed by atoms with Gasteiger partial charge in [0.2, 0.25) is 0 Å². The van der Waals surface area contributed by atoms with Gasteiger partial charge >= 0.3 is 21.1 Å². The minimum absolute atomic E-state index is 0. The number of hydrogen-bond acceptors (Lipinski definition) is 3. The topological polar surface area (TPSA) is 34.7 Å². The fraction of sp³-hybridized carbons (Fsp3) is 0.0755. The molecule has 1 aliphatic heterocycles. The van der Waals surface area contributed by atoms with Crippen molar-refractivity contribution in [3.05, 3.63) is 211 Å². The van der Waals surface area contributed by atoms with Crippen LogP contribution in [0, 0.1) is 39.6 Å². The summed E-state index contributed by atoms with van der Waals surface area (Å²) in [5.74, 6) is 1.22. The molecule has 2 heterocycles. The van der Waals surface area contributed by atoms with Crippen LogP contribution in [0.2, 0.25) is 0 Å². The van der Waals surface area contributed by atoms with Gasteiger partial charge in [-0.25, -0.2) is 0 Å². The third-order valence-corrected chi connectivity index (χ3v) is 11.0. The first-order valence-corrected chi connectivity index (χ1v) is 19.7. The summed E-state index contributed by atoms with van der Waals surface area (Å²) in [5.41, 5.74) is 15.4. The van der Waals surface area contributed by atoms with Crippen LogP contribution >= 0.6 is 0 Å². The normalized spacial score (nSPS) is 12.1. The van der Waals surface area contributed by atoms with Crippen LogP contribution in [0.4, 0.5) is 28.4 Å². The van der Waals surface area contributed by atoms with Crippen LogP contribution in [-0.4, -0.2) is 4.57 Å². The predicted molar refractivity (Wildman–Crippen MR) is 240 cm³/mol. The van der Waals surface area contributed by atoms with Crippen LogP contribution in [0.15, 0.2) is 170 Å². The number of aromatic nitrogens is 1. The van der Waals surface area contributed by atoms with Gasteiger partial charge in [0.25, 0.3) is 0 Å². The molecular formula is C53H40N4OPt. The number of nitrogens with zero attached hydrogens (tertiary/aromatic N) is 4. The second-order valence-corrected chi connectivity index (χ2v) is 14.9. The molecule has 0 saturated carbocycles. The van der Waals surface area contributed by atoms with Crippen molar-refractivity contribution in [1.29, 1.82) is 0 Å². The predicted octanol–water partition coefficient (Wildman–Crippen LogP) is 14.5. The molecule has 1 aromatic heterocycles. The third kappa shape index (κ3) is 7.06. The van der Waals surface area contributed by atoms with Crippen molar-refractivity contribution in [1.82, 2.24) is 4.57 Å². The van der Waals surface area contributed by atoms with Gasteiger partial charge in [0.15, 0.2) is 0 Å². The minimum Gasteiger partial charge on any atom is -0.667 e. The number of rotatable bonds is 9. The van der Waals surface area contributed by atoms with Crippen LogP contribution in [0.3, 0.4) is 0 Å². The summed E-state index contributed by atoms with van der Waals surface area (Å²) in [7, 11) is 0. The second-order valence-electron chi connectivity index (χ2n) is 14.9. The maximum atomic E-state index is 6.60. The molecule has 0 N–H and O–H groups in total. The molecule has 5 nitrogen and oxygen atoms in total. The van der Waals surface area contributed by atoms with Gasteiger partial charge in [0.1, 0.15) is 0 Å². The van der Waals surface area contributed by atoms with Crippen LogP contribution in [0.1, 0.15) is 16.7 Å². The molecule has 9 aromatic rings. The summed E-state index contributed by atoms with van der Waals surface area (Å²) in [6.45, 7) is 9.04. The molecule has 0 saturated heterocycles. The summed E-state index contributed by atoms with van der Waals surface area (Å²) in [5, 5.41) is 7.41. The molecule has 10 rings (SSSR count). The van der Waals surface area contributed by atoms with Crippen LogP contribution in [-0.2, 0) is 27.7 Å². The Hall–Kier alpha value is -6.55. The molecule has 0 bridgehead atoms. The van der Waals surface area contributed by atoms with Crippen LogP contribution < -0.4 is 14.5 Å². The zero-order chi connectivity index (χ0) is 39.2. The van der Waals surface area contributed by atoms with Crippen molar-refractivity contribution in [3.63, 3.8) is 0 Å². The molecule has 0 atom stereocenters. The zero-order valence-corrected chi connectivity index (χ0v) is 35.2. The molecule has 1 aliphatic rings. The third-order valence-electron chi connectivity index (χ3n) is 11.0. The van der Waals surface area contributed by atoms with Gasteiger partial charge in [0.05, 0.1) is 0 Å².